The molecule has 5 amide bonds. The molecule has 3 fully saturated rings. The molecule has 18 heteroatoms. The minimum Gasteiger partial charge on any atom is -0.444 e. The monoisotopic (exact) mass is 843 g/mol. The first-order valence-electron chi connectivity index (χ1n) is 20.0. The van der Waals surface area contributed by atoms with Crippen LogP contribution in [0.5, 0.6) is 0 Å². The van der Waals surface area contributed by atoms with Gasteiger partial charge in [0.15, 0.2) is 5.60 Å². The number of nitrogens with zero attached hydrogens (tertiary/aromatic N) is 2. The molecule has 0 bridgehead atoms. The summed E-state index contributed by atoms with van der Waals surface area (Å²) in [5.41, 5.74) is -2.98. The number of benzene rings is 1. The highest BCUT2D eigenvalue weighted by atomic mass is 32.2. The van der Waals surface area contributed by atoms with Gasteiger partial charge in [0, 0.05) is 35.7 Å². The van der Waals surface area contributed by atoms with Gasteiger partial charge >= 0.3 is 12.2 Å². The first-order valence-corrected chi connectivity index (χ1v) is 21.4. The lowest BCUT2D eigenvalue weighted by atomic mass is 9.85. The molecule has 7 atom stereocenters. The van der Waals surface area contributed by atoms with Crippen LogP contribution in [0.15, 0.2) is 30.4 Å². The Morgan fingerprint density at radius 3 is 2.45 bits per heavy atom. The molecule has 14 nitrogen and oxygen atoms in total. The zero-order chi connectivity index (χ0) is 42.6. The van der Waals surface area contributed by atoms with Gasteiger partial charge in [-0.1, -0.05) is 44.6 Å². The number of halogens is 3. The molecule has 0 unspecified atom stereocenters. The Labute approximate surface area is 341 Å². The van der Waals surface area contributed by atoms with E-state index in [1.807, 2.05) is 19.9 Å². The Hall–Kier alpha value is -4.35. The van der Waals surface area contributed by atoms with Crippen molar-refractivity contribution < 1.29 is 59.3 Å². The van der Waals surface area contributed by atoms with E-state index < -0.39 is 97.6 Å². The number of nitrogens with one attached hydrogen (secondary N) is 3. The van der Waals surface area contributed by atoms with Gasteiger partial charge in [-0.05, 0) is 82.8 Å². The predicted octanol–water partition coefficient (Wildman–Crippen LogP) is 5.79. The molecule has 1 aromatic carbocycles. The van der Waals surface area contributed by atoms with Crippen LogP contribution in [0, 0.1) is 23.6 Å². The number of sulfonamides is 1. The van der Waals surface area contributed by atoms with Crippen molar-refractivity contribution in [1.82, 2.24) is 25.2 Å². The summed E-state index contributed by atoms with van der Waals surface area (Å²) in [6, 6.07) is 1.74. The van der Waals surface area contributed by atoms with E-state index in [9.17, 15) is 45.6 Å². The molecule has 58 heavy (non-hydrogen) atoms. The average molecular weight is 844 g/mol. The van der Waals surface area contributed by atoms with Gasteiger partial charge in [0.2, 0.25) is 21.8 Å². The van der Waals surface area contributed by atoms with E-state index in [1.165, 1.54) is 24.0 Å². The number of allylic oxidation sites excluding steroid dienone is 1. The number of ether oxygens (including phenoxy) is 2. The average Bonchev–Trinajstić information content (AvgIpc) is 3.92. The Bertz CT molecular complexity index is 1990. The molecule has 0 aromatic heterocycles. The second-order valence-electron chi connectivity index (χ2n) is 17.6. The quantitative estimate of drug-likeness (QED) is 0.273. The van der Waals surface area contributed by atoms with E-state index in [0.717, 1.165) is 18.7 Å². The molecule has 6 rings (SSSR count). The van der Waals surface area contributed by atoms with Crippen LogP contribution in [-0.2, 0) is 47.0 Å². The van der Waals surface area contributed by atoms with Crippen LogP contribution in [0.1, 0.15) is 108 Å². The van der Waals surface area contributed by atoms with Crippen molar-refractivity contribution in [3.05, 3.63) is 47.3 Å². The number of hydrogen-bond acceptors (Lipinski definition) is 9. The van der Waals surface area contributed by atoms with Gasteiger partial charge in [0.25, 0.3) is 11.8 Å². The van der Waals surface area contributed by atoms with Crippen molar-refractivity contribution in [2.45, 2.75) is 146 Å². The maximum atomic E-state index is 14.8. The number of hydrogen-bond donors (Lipinski definition) is 3. The van der Waals surface area contributed by atoms with Crippen molar-refractivity contribution in [1.29, 1.82) is 0 Å². The van der Waals surface area contributed by atoms with Crippen LogP contribution < -0.4 is 15.4 Å². The zero-order valence-electron chi connectivity index (χ0n) is 33.7. The number of alkyl carbamates (subject to hydrolysis) is 1. The van der Waals surface area contributed by atoms with Crippen LogP contribution >= 0.6 is 0 Å². The highest BCUT2D eigenvalue weighted by molar-refractivity contribution is 7.91. The Kier molecular flexibility index (Phi) is 11.7. The number of fused-ring (bicyclic) bond motifs is 3. The Morgan fingerprint density at radius 2 is 1.81 bits per heavy atom. The molecule has 1 saturated heterocycles. The molecule has 0 radical (unpaired) electrons. The van der Waals surface area contributed by atoms with Crippen LogP contribution in [-0.4, -0.2) is 94.7 Å². The van der Waals surface area contributed by atoms with Crippen LogP contribution in [0.3, 0.4) is 0 Å². The third kappa shape index (κ3) is 8.67. The summed E-state index contributed by atoms with van der Waals surface area (Å²) in [7, 11) is -4.09. The number of rotatable bonds is 8. The molecule has 2 aliphatic carbocycles. The van der Waals surface area contributed by atoms with Crippen molar-refractivity contribution >= 4 is 39.9 Å². The van der Waals surface area contributed by atoms with Crippen molar-refractivity contribution in [3.8, 4) is 0 Å². The maximum Gasteiger partial charge on any atom is 0.410 e. The topological polar surface area (TPSA) is 181 Å². The third-order valence-corrected chi connectivity index (χ3v) is 14.9. The van der Waals surface area contributed by atoms with Gasteiger partial charge in [-0.2, -0.15) is 0 Å². The highest BCUT2D eigenvalue weighted by Crippen LogP contribution is 2.48. The van der Waals surface area contributed by atoms with E-state index in [-0.39, 0.29) is 42.7 Å². The second-order valence-corrected chi connectivity index (χ2v) is 19.8. The van der Waals surface area contributed by atoms with Crippen molar-refractivity contribution in [3.63, 3.8) is 0 Å². The summed E-state index contributed by atoms with van der Waals surface area (Å²) in [5, 5.41) is 5.29. The number of carbonyl (C=O) groups excluding carboxylic acids is 5. The zero-order valence-corrected chi connectivity index (χ0v) is 34.6. The smallest absolute Gasteiger partial charge is 0.410 e. The van der Waals surface area contributed by atoms with Gasteiger partial charge in [0.05, 0.1) is 17.8 Å². The molecule has 5 aliphatic rings. The molecule has 0 spiro atoms. The fourth-order valence-electron chi connectivity index (χ4n) is 8.02. The molecule has 2 saturated carbocycles. The lowest BCUT2D eigenvalue weighted by Crippen LogP contribution is -2.60. The van der Waals surface area contributed by atoms with Gasteiger partial charge in [-0.3, -0.25) is 24.0 Å². The summed E-state index contributed by atoms with van der Waals surface area (Å²) in [6.07, 6.45) is 3.00. The molecule has 1 aromatic rings. The van der Waals surface area contributed by atoms with Gasteiger partial charge < -0.3 is 25.0 Å². The highest BCUT2D eigenvalue weighted by Gasteiger charge is 2.63. The summed E-state index contributed by atoms with van der Waals surface area (Å²) in [4.78, 5) is 72.4. The van der Waals surface area contributed by atoms with Gasteiger partial charge in [-0.15, -0.1) is 0 Å². The van der Waals surface area contributed by atoms with Gasteiger partial charge in [0.1, 0.15) is 29.5 Å². The molecule has 3 N–H and O–H groups in total. The van der Waals surface area contributed by atoms with E-state index in [0.29, 0.717) is 56.6 Å². The number of carbonyl (C=O) groups is 5. The largest absolute Gasteiger partial charge is 0.444 e. The molecule has 3 aliphatic heterocycles. The van der Waals surface area contributed by atoms with Crippen LogP contribution in [0.25, 0.3) is 0 Å². The fraction of sp³-hybridized carbons (Fsp3) is 0.675. The first kappa shape index (κ1) is 43.2. The first-order chi connectivity index (χ1) is 27.0. The third-order valence-electron chi connectivity index (χ3n) is 12.7. The Morgan fingerprint density at radius 1 is 1.10 bits per heavy atom. The van der Waals surface area contributed by atoms with Crippen molar-refractivity contribution in [2.75, 3.05) is 6.54 Å². The van der Waals surface area contributed by atoms with E-state index in [1.54, 1.807) is 12.1 Å². The van der Waals surface area contributed by atoms with E-state index >= 15 is 0 Å². The summed E-state index contributed by atoms with van der Waals surface area (Å²) in [5.74, 6) is -7.57. The lowest BCUT2D eigenvalue weighted by Gasteiger charge is -2.35. The molecule has 3 heterocycles. The van der Waals surface area contributed by atoms with Crippen LogP contribution in [0.2, 0.25) is 0 Å². The van der Waals surface area contributed by atoms with Crippen molar-refractivity contribution in [2.24, 2.45) is 17.8 Å². The van der Waals surface area contributed by atoms with E-state index in [2.05, 4.69) is 15.4 Å². The minimum atomic E-state index is -4.09. The minimum absolute atomic E-state index is 0. The summed E-state index contributed by atoms with van der Waals surface area (Å²) >= 11 is 0. The van der Waals surface area contributed by atoms with Gasteiger partial charge in [-0.25, -0.2) is 31.2 Å². The number of amides is 5. The second kappa shape index (κ2) is 15.7. The normalized spacial score (nSPS) is 30.4. The lowest BCUT2D eigenvalue weighted by molar-refractivity contribution is -0.152. The Balaban J connectivity index is 0.00000331. The van der Waals surface area contributed by atoms with Crippen LogP contribution in [0.4, 0.5) is 22.8 Å². The standard InChI is InChI=1S/C40H54F3N5O9S.3H2/c1-7-24-17-23(2)11-8-9-13-26-19-40(26,34(51)46-58(54,55)38(5)15-16-38)45-32(49)30-18-27(56-36(53)47-20-25-12-10-14-29(41)28(25)22-47)21-48(30)33(50)31(24)44-35(52)57-37(3,4)39(6,42)43;;;/h9-10,12-14,23-24,26-27,30-31H,7-8,11,15-22H2,1-6H3,(H,44,52)(H,45,49)(H,46,51);3*1H/b13-9-;;;/t23-,24-,26-,27-,30+,31+,40-;;;/m1.../s1. The molecular weight excluding hydrogens is 784 g/mol. The molecule has 326 valence electrons. The molecular formula is C40H60F3N5O9S. The summed E-state index contributed by atoms with van der Waals surface area (Å²) in [6.45, 7) is 7.66. The predicted molar refractivity (Wildman–Crippen MR) is 210 cm³/mol. The fourth-order valence-corrected chi connectivity index (χ4v) is 9.33. The number of alkyl halides is 2. The SMILES string of the molecule is CC[C@@H]1C[C@H](C)CC/C=C\[C@@H]2C[C@@]2(C(=O)NS(=O)(=O)C2(C)CC2)NC(=O)[C@@H]2C[C@@H](OC(=O)N3Cc4cccc(F)c4C3)CN2C(=O)[C@H]1NC(=O)OC(C)(C)C(C)(F)F.[HH].[HH].[HH]. The maximum absolute atomic E-state index is 14.8. The van der Waals surface area contributed by atoms with E-state index in [4.69, 9.17) is 9.47 Å². The summed E-state index contributed by atoms with van der Waals surface area (Å²) < 4.78 is 81.8.